The van der Waals surface area contributed by atoms with Gasteiger partial charge in [-0.1, -0.05) is 175 Å². The van der Waals surface area contributed by atoms with E-state index < -0.39 is 45.6 Å². The third kappa shape index (κ3) is 6.02. The minimum absolute atomic E-state index is 0.432. The van der Waals surface area contributed by atoms with Gasteiger partial charge in [0.05, 0.1) is 11.0 Å². The van der Waals surface area contributed by atoms with E-state index in [4.69, 9.17) is 18.5 Å². The van der Waals surface area contributed by atoms with E-state index in [1.807, 2.05) is 13.8 Å². The van der Waals surface area contributed by atoms with Crippen LogP contribution in [0.4, 0.5) is 0 Å². The average molecular weight is 742 g/mol. The molecule has 8 rings (SSSR count). The predicted molar refractivity (Wildman–Crippen MR) is 219 cm³/mol. The summed E-state index contributed by atoms with van der Waals surface area (Å²) in [5, 5.41) is 1.22. The Hall–Kier alpha value is -3.66. The molecule has 3 heterocycles. The van der Waals surface area contributed by atoms with Crippen LogP contribution in [-0.4, -0.2) is 33.7 Å². The van der Waals surface area contributed by atoms with Crippen LogP contribution in [0.1, 0.15) is 69.4 Å². The minimum atomic E-state index is -1.93. The summed E-state index contributed by atoms with van der Waals surface area (Å²) in [4.78, 5) is 0. The second-order valence-electron chi connectivity index (χ2n) is 15.2. The monoisotopic (exact) mass is 741 g/mol. The van der Waals surface area contributed by atoms with Crippen LogP contribution < -0.4 is 5.44 Å². The molecular weight excluding hydrogens is 692 g/mol. The Balaban J connectivity index is 1.54. The van der Waals surface area contributed by atoms with Gasteiger partial charge in [0.15, 0.2) is 17.0 Å². The molecule has 2 atom stereocenters. The number of ether oxygens (including phenoxy) is 2. The highest BCUT2D eigenvalue weighted by molar-refractivity contribution is 7.67. The summed E-state index contributed by atoms with van der Waals surface area (Å²) in [5.74, 6) is -0.947. The Morgan fingerprint density at radius 1 is 0.547 bits per heavy atom. The van der Waals surface area contributed by atoms with E-state index in [0.29, 0.717) is 11.3 Å². The smallest absolute Gasteiger partial charge is 0.297 e. The molecule has 0 amide bonds. The number of hydrogen-bond acceptors (Lipinski definition) is 4. The van der Waals surface area contributed by atoms with E-state index in [9.17, 15) is 0 Å². The fourth-order valence-electron chi connectivity index (χ4n) is 8.67. The molecule has 272 valence electrons. The average Bonchev–Trinajstić information content (AvgIpc) is 3.62. The molecule has 6 aromatic rings. The largest absolute Gasteiger partial charge is 0.341 e. The summed E-state index contributed by atoms with van der Waals surface area (Å²) in [7, 11) is -2.57. The van der Waals surface area contributed by atoms with Gasteiger partial charge in [0, 0.05) is 5.39 Å². The van der Waals surface area contributed by atoms with Gasteiger partial charge in [0.1, 0.15) is 12.2 Å². The normalized spacial score (nSPS) is 20.9. The zero-order valence-corrected chi connectivity index (χ0v) is 33.4. The molecule has 5 nitrogen and oxygen atoms in total. The van der Waals surface area contributed by atoms with Gasteiger partial charge in [-0.25, -0.2) is 0 Å². The lowest BCUT2D eigenvalue weighted by atomic mass is 9.72. The van der Waals surface area contributed by atoms with Crippen LogP contribution in [0.15, 0.2) is 146 Å². The topological polar surface area (TPSA) is 41.9 Å². The first-order valence-electron chi connectivity index (χ1n) is 18.7. The number of aromatic nitrogens is 1. The van der Waals surface area contributed by atoms with Crippen LogP contribution in [-0.2, 0) is 29.7 Å². The SMILES string of the molecule is Cc1c(P(C(C)C)C(C)C)n(P2OC(c3ccccc3)(c3ccccc3)[C@@H]3OC(C)(C)O[C@H]3C(c3ccccc3)(c3ccccc3)O2)c2ccccc12. The molecule has 0 bridgehead atoms. The Morgan fingerprint density at radius 3 is 1.28 bits per heavy atom. The fourth-order valence-corrected chi connectivity index (χ4v) is 14.2. The number of hydrogen-bond donors (Lipinski definition) is 0. The number of fused-ring (bicyclic) bond motifs is 2. The molecule has 0 radical (unpaired) electrons. The summed E-state index contributed by atoms with van der Waals surface area (Å²) in [5.41, 5.74) is 6.26. The first-order chi connectivity index (χ1) is 25.6. The highest BCUT2D eigenvalue weighted by atomic mass is 31.2. The predicted octanol–water partition coefficient (Wildman–Crippen LogP) is 11.4. The van der Waals surface area contributed by atoms with Gasteiger partial charge in [0.2, 0.25) is 0 Å². The lowest BCUT2D eigenvalue weighted by molar-refractivity contribution is -0.174. The number of para-hydroxylation sites is 1. The zero-order valence-electron chi connectivity index (χ0n) is 31.6. The zero-order chi connectivity index (χ0) is 37.0. The maximum atomic E-state index is 8.05. The van der Waals surface area contributed by atoms with Gasteiger partial charge in [-0.3, -0.25) is 13.4 Å². The molecule has 0 spiro atoms. The van der Waals surface area contributed by atoms with Crippen LogP contribution in [0.25, 0.3) is 10.9 Å². The fraction of sp³-hybridized carbons (Fsp3) is 0.304. The first-order valence-corrected chi connectivity index (χ1v) is 21.3. The van der Waals surface area contributed by atoms with Gasteiger partial charge < -0.3 is 9.47 Å². The van der Waals surface area contributed by atoms with Crippen molar-refractivity contribution in [3.63, 3.8) is 0 Å². The van der Waals surface area contributed by atoms with Crippen molar-refractivity contribution in [3.05, 3.63) is 173 Å². The minimum Gasteiger partial charge on any atom is -0.341 e. The van der Waals surface area contributed by atoms with Crippen molar-refractivity contribution >= 4 is 32.8 Å². The van der Waals surface area contributed by atoms with E-state index in [0.717, 1.165) is 27.8 Å². The van der Waals surface area contributed by atoms with Crippen LogP contribution in [0.5, 0.6) is 0 Å². The molecule has 2 saturated heterocycles. The van der Waals surface area contributed by atoms with Crippen molar-refractivity contribution < 1.29 is 18.5 Å². The van der Waals surface area contributed by atoms with Gasteiger partial charge in [-0.15, -0.1) is 0 Å². The lowest BCUT2D eigenvalue weighted by Gasteiger charge is -2.41. The quantitative estimate of drug-likeness (QED) is 0.146. The molecule has 1 aromatic heterocycles. The molecule has 0 unspecified atom stereocenters. The lowest BCUT2D eigenvalue weighted by Crippen LogP contribution is -2.53. The second kappa shape index (κ2) is 14.2. The molecule has 0 saturated carbocycles. The molecule has 5 aromatic carbocycles. The van der Waals surface area contributed by atoms with Crippen LogP contribution in [0.2, 0.25) is 0 Å². The molecule has 2 aliphatic rings. The Morgan fingerprint density at radius 2 is 0.906 bits per heavy atom. The third-order valence-electron chi connectivity index (χ3n) is 10.7. The maximum absolute atomic E-state index is 8.05. The standard InChI is InChI=1S/C46H49NO4P2/c1-32(2)52(33(3)4)43-34(5)39-30-20-21-31-40(39)47(43)53-50-45(35-22-12-8-13-23-35,36-24-14-9-15-25-36)41-42(49-44(6,7)48-41)46(51-53,37-26-16-10-17-27-37)38-28-18-11-19-29-38/h8-33,41-42H,1-7H3/t41-,42-/m1/s1. The summed E-state index contributed by atoms with van der Waals surface area (Å²) in [6.45, 7) is 15.7. The van der Waals surface area contributed by atoms with E-state index in [1.165, 1.54) is 16.4 Å². The van der Waals surface area contributed by atoms with Crippen molar-refractivity contribution in [2.45, 2.75) is 89.0 Å². The molecular formula is C46H49NO4P2. The number of aryl methyl sites for hydroxylation is 1. The van der Waals surface area contributed by atoms with E-state index in [-0.39, 0.29) is 0 Å². The highest BCUT2D eigenvalue weighted by Gasteiger charge is 2.67. The van der Waals surface area contributed by atoms with Gasteiger partial charge >= 0.3 is 0 Å². The van der Waals surface area contributed by atoms with Crippen molar-refractivity contribution in [2.24, 2.45) is 0 Å². The van der Waals surface area contributed by atoms with Gasteiger partial charge in [-0.2, -0.15) is 0 Å². The van der Waals surface area contributed by atoms with E-state index >= 15 is 0 Å². The number of benzene rings is 5. The first kappa shape index (κ1) is 36.3. The van der Waals surface area contributed by atoms with Crippen molar-refractivity contribution in [3.8, 4) is 0 Å². The molecule has 0 N–H and O–H groups in total. The second-order valence-corrected chi connectivity index (χ2v) is 19.7. The number of rotatable bonds is 8. The van der Waals surface area contributed by atoms with Crippen molar-refractivity contribution in [1.82, 2.24) is 4.34 Å². The maximum Gasteiger partial charge on any atom is 0.297 e. The molecule has 2 aliphatic heterocycles. The molecule has 7 heteroatoms. The van der Waals surface area contributed by atoms with E-state index in [1.54, 1.807) is 0 Å². The Labute approximate surface area is 317 Å². The Bertz CT molecular complexity index is 1980. The molecule has 0 aliphatic carbocycles. The van der Waals surface area contributed by atoms with Crippen molar-refractivity contribution in [1.29, 1.82) is 0 Å². The van der Waals surface area contributed by atoms with Crippen LogP contribution >= 0.6 is 16.4 Å². The summed E-state index contributed by atoms with van der Waals surface area (Å²) < 4.78 is 33.1. The summed E-state index contributed by atoms with van der Waals surface area (Å²) in [6, 6.07) is 51.0. The highest BCUT2D eigenvalue weighted by Crippen LogP contribution is 2.66. The molecule has 2 fully saturated rings. The van der Waals surface area contributed by atoms with Gasteiger partial charge in [0.25, 0.3) is 8.53 Å². The molecule has 53 heavy (non-hydrogen) atoms. The summed E-state index contributed by atoms with van der Waals surface area (Å²) in [6.07, 6.45) is -1.25. The van der Waals surface area contributed by atoms with Gasteiger partial charge in [-0.05, 0) is 66.0 Å². The van der Waals surface area contributed by atoms with Crippen LogP contribution in [0.3, 0.4) is 0 Å². The van der Waals surface area contributed by atoms with E-state index in [2.05, 4.69) is 185 Å². The van der Waals surface area contributed by atoms with Crippen LogP contribution in [0, 0.1) is 6.92 Å². The third-order valence-corrected chi connectivity index (χ3v) is 15.8. The Kier molecular flexibility index (Phi) is 9.73. The van der Waals surface area contributed by atoms with Crippen molar-refractivity contribution in [2.75, 3.05) is 0 Å². The summed E-state index contributed by atoms with van der Waals surface area (Å²) >= 11 is 0. The number of nitrogens with zero attached hydrogens (tertiary/aromatic N) is 1.